The van der Waals surface area contributed by atoms with Gasteiger partial charge >= 0.3 is 6.18 Å². The number of sulfonamides is 1. The predicted molar refractivity (Wildman–Crippen MR) is 86.6 cm³/mol. The molecule has 0 aromatic heterocycles. The molecule has 2 rings (SSSR count). The van der Waals surface area contributed by atoms with Gasteiger partial charge in [0.15, 0.2) is 0 Å². The molecule has 2 atom stereocenters. The first-order valence-corrected chi connectivity index (χ1v) is 9.49. The number of rotatable bonds is 3. The third-order valence-electron chi connectivity index (χ3n) is 4.11. The Labute approximate surface area is 146 Å². The molecule has 1 aromatic carbocycles. The molecule has 9 heteroatoms. The van der Waals surface area contributed by atoms with Crippen LogP contribution in [0.25, 0.3) is 0 Å². The maximum Gasteiger partial charge on any atom is 0.416 e. The monoisotopic (exact) mass is 461 g/mol. The molecule has 1 fully saturated rings. The number of benzene rings is 1. The summed E-state index contributed by atoms with van der Waals surface area (Å²) in [6, 6.07) is 3.20. The zero-order valence-corrected chi connectivity index (χ0v) is 15.4. The quantitative estimate of drug-likeness (QED) is 0.511. The van der Waals surface area contributed by atoms with E-state index >= 15 is 0 Å². The van der Waals surface area contributed by atoms with Crippen molar-refractivity contribution in [2.24, 2.45) is 0 Å². The molecule has 1 aliphatic heterocycles. The van der Waals surface area contributed by atoms with E-state index in [0.29, 0.717) is 18.6 Å². The van der Waals surface area contributed by atoms with Gasteiger partial charge in [0.25, 0.3) is 10.0 Å². The van der Waals surface area contributed by atoms with E-state index in [1.54, 1.807) is 13.8 Å². The molecular weight excluding hydrogens is 446 g/mol. The van der Waals surface area contributed by atoms with Crippen LogP contribution in [0.15, 0.2) is 29.2 Å². The molecule has 4 nitrogen and oxygen atoms in total. The first kappa shape index (κ1) is 18.5. The number of hydrogen-bond donors (Lipinski definition) is 0. The van der Waals surface area contributed by atoms with Gasteiger partial charge in [-0.05, 0) is 37.6 Å². The first-order chi connectivity index (χ1) is 10.4. The van der Waals surface area contributed by atoms with Gasteiger partial charge in [0, 0.05) is 10.3 Å². The van der Waals surface area contributed by atoms with Crippen molar-refractivity contribution < 1.29 is 26.4 Å². The molecule has 0 N–H and O–H groups in total. The lowest BCUT2D eigenvalue weighted by Crippen LogP contribution is -2.51. The van der Waals surface area contributed by atoms with Crippen LogP contribution in [0.2, 0.25) is 0 Å². The number of alkyl halides is 4. The van der Waals surface area contributed by atoms with Crippen LogP contribution >= 0.6 is 22.6 Å². The Bertz CT molecular complexity index is 716. The smallest absolute Gasteiger partial charge is 0.274 e. The Morgan fingerprint density at radius 1 is 1.26 bits per heavy atom. The molecule has 128 valence electrons. The van der Waals surface area contributed by atoms with Crippen LogP contribution in [0, 0.1) is 0 Å². The number of nitrogens with zero attached hydrogens (tertiary/aromatic N) is 1. The highest BCUT2D eigenvalue weighted by atomic mass is 127. The molecule has 0 saturated carbocycles. The van der Waals surface area contributed by atoms with Crippen molar-refractivity contribution in [3.05, 3.63) is 29.8 Å². The average Bonchev–Trinajstić information content (AvgIpc) is 2.75. The fraction of sp³-hybridized carbons (Fsp3) is 0.500. The van der Waals surface area contributed by atoms with Gasteiger partial charge in [-0.3, -0.25) is 4.79 Å². The third-order valence-corrected chi connectivity index (χ3v) is 7.42. The molecule has 0 bridgehead atoms. The molecule has 23 heavy (non-hydrogen) atoms. The van der Waals surface area contributed by atoms with E-state index in [9.17, 15) is 26.4 Å². The fourth-order valence-corrected chi connectivity index (χ4v) is 5.17. The SMILES string of the molecule is CC(I)C1(C)CCC(=O)N1S(=O)(=O)c1ccc(C(F)(F)F)cc1. The molecule has 1 saturated heterocycles. The maximum absolute atomic E-state index is 12.7. The molecule has 0 aliphatic carbocycles. The second kappa shape index (κ2) is 5.91. The summed E-state index contributed by atoms with van der Waals surface area (Å²) in [4.78, 5) is 11.8. The topological polar surface area (TPSA) is 54.5 Å². The van der Waals surface area contributed by atoms with E-state index in [-0.39, 0.29) is 15.2 Å². The van der Waals surface area contributed by atoms with Crippen LogP contribution in [-0.4, -0.2) is 28.1 Å². The lowest BCUT2D eigenvalue weighted by molar-refractivity contribution is -0.137. The first-order valence-electron chi connectivity index (χ1n) is 6.80. The van der Waals surface area contributed by atoms with Gasteiger partial charge in [-0.25, -0.2) is 12.7 Å². The molecule has 1 heterocycles. The van der Waals surface area contributed by atoms with Gasteiger partial charge in [0.05, 0.1) is 16.0 Å². The van der Waals surface area contributed by atoms with Gasteiger partial charge in [-0.1, -0.05) is 29.5 Å². The van der Waals surface area contributed by atoms with Crippen LogP contribution in [-0.2, 0) is 21.0 Å². The number of carbonyl (C=O) groups excluding carboxylic acids is 1. The summed E-state index contributed by atoms with van der Waals surface area (Å²) in [5, 5.41) is 0. The Balaban J connectivity index is 2.47. The second-order valence-corrected chi connectivity index (χ2v) is 9.31. The van der Waals surface area contributed by atoms with Crippen molar-refractivity contribution in [3.63, 3.8) is 0 Å². The van der Waals surface area contributed by atoms with Gasteiger partial charge < -0.3 is 0 Å². The molecule has 1 aromatic rings. The van der Waals surface area contributed by atoms with Crippen molar-refractivity contribution in [2.75, 3.05) is 0 Å². The maximum atomic E-state index is 12.7. The number of halogens is 4. The highest BCUT2D eigenvalue weighted by molar-refractivity contribution is 14.1. The lowest BCUT2D eigenvalue weighted by Gasteiger charge is -2.36. The second-order valence-electron chi connectivity index (χ2n) is 5.66. The van der Waals surface area contributed by atoms with Crippen LogP contribution in [0.3, 0.4) is 0 Å². The van der Waals surface area contributed by atoms with Crippen LogP contribution in [0.1, 0.15) is 32.3 Å². The van der Waals surface area contributed by atoms with Crippen molar-refractivity contribution in [3.8, 4) is 0 Å². The third kappa shape index (κ3) is 3.21. The predicted octanol–water partition coefficient (Wildman–Crippen LogP) is 3.60. The lowest BCUT2D eigenvalue weighted by atomic mass is 9.97. The molecular formula is C14H15F3INO3S. The Kier molecular flexibility index (Phi) is 4.75. The highest BCUT2D eigenvalue weighted by Gasteiger charge is 2.51. The fourth-order valence-electron chi connectivity index (χ4n) is 2.54. The molecule has 2 unspecified atom stereocenters. The highest BCUT2D eigenvalue weighted by Crippen LogP contribution is 2.40. The average molecular weight is 461 g/mol. The number of carbonyl (C=O) groups is 1. The molecule has 1 amide bonds. The summed E-state index contributed by atoms with van der Waals surface area (Å²) in [5.74, 6) is -0.532. The van der Waals surface area contributed by atoms with Gasteiger partial charge in [0.1, 0.15) is 0 Å². The summed E-state index contributed by atoms with van der Waals surface area (Å²) in [5.41, 5.74) is -1.83. The minimum Gasteiger partial charge on any atom is -0.274 e. The summed E-state index contributed by atoms with van der Waals surface area (Å²) in [6.45, 7) is 3.48. The molecule has 1 aliphatic rings. The summed E-state index contributed by atoms with van der Waals surface area (Å²) < 4.78 is 64.0. The van der Waals surface area contributed by atoms with Crippen molar-refractivity contribution in [2.45, 2.75) is 47.2 Å². The van der Waals surface area contributed by atoms with E-state index in [0.717, 1.165) is 16.4 Å². The van der Waals surface area contributed by atoms with E-state index in [4.69, 9.17) is 0 Å². The van der Waals surface area contributed by atoms with Crippen molar-refractivity contribution in [1.82, 2.24) is 4.31 Å². The number of hydrogen-bond acceptors (Lipinski definition) is 3. The van der Waals surface area contributed by atoms with Gasteiger partial charge in [-0.15, -0.1) is 0 Å². The zero-order valence-electron chi connectivity index (χ0n) is 12.4. The normalized spacial score (nSPS) is 24.1. The summed E-state index contributed by atoms with van der Waals surface area (Å²) in [6.07, 6.45) is -4.06. The minimum atomic E-state index is -4.54. The molecule has 0 radical (unpaired) electrons. The molecule has 0 spiro atoms. The van der Waals surface area contributed by atoms with Gasteiger partial charge in [0.2, 0.25) is 5.91 Å². The van der Waals surface area contributed by atoms with Crippen LogP contribution < -0.4 is 0 Å². The van der Waals surface area contributed by atoms with Crippen molar-refractivity contribution >= 4 is 38.5 Å². The van der Waals surface area contributed by atoms with E-state index in [2.05, 4.69) is 22.6 Å². The van der Waals surface area contributed by atoms with E-state index < -0.39 is 33.2 Å². The van der Waals surface area contributed by atoms with Crippen molar-refractivity contribution in [1.29, 1.82) is 0 Å². The number of amides is 1. The zero-order chi connectivity index (χ0) is 17.6. The largest absolute Gasteiger partial charge is 0.416 e. The standard InChI is InChI=1S/C14H15F3INO3S/c1-9(18)13(2)8-7-12(20)19(13)23(21,22)11-5-3-10(4-6-11)14(15,16)17/h3-6,9H,7-8H2,1-2H3. The van der Waals surface area contributed by atoms with E-state index in [1.165, 1.54) is 0 Å². The minimum absolute atomic E-state index is 0.101. The Morgan fingerprint density at radius 3 is 2.22 bits per heavy atom. The Morgan fingerprint density at radius 2 is 1.78 bits per heavy atom. The van der Waals surface area contributed by atoms with Gasteiger partial charge in [-0.2, -0.15) is 13.2 Å². The summed E-state index contributed by atoms with van der Waals surface area (Å²) in [7, 11) is -4.19. The van der Waals surface area contributed by atoms with Crippen LogP contribution in [0.4, 0.5) is 13.2 Å². The van der Waals surface area contributed by atoms with E-state index in [1.807, 2.05) is 0 Å². The van der Waals surface area contributed by atoms with Crippen LogP contribution in [0.5, 0.6) is 0 Å². The summed E-state index contributed by atoms with van der Waals surface area (Å²) >= 11 is 2.05. The Hall–Kier alpha value is -0.840.